The Labute approximate surface area is 101 Å². The number of hydrogen-bond acceptors (Lipinski definition) is 3. The minimum absolute atomic E-state index is 0.00736. The first-order valence-electron chi connectivity index (χ1n) is 6.39. The van der Waals surface area contributed by atoms with E-state index in [-0.39, 0.29) is 6.03 Å². The molecule has 0 aromatic rings. The minimum atomic E-state index is -0.00736. The molecule has 94 valence electrons. The molecule has 1 aliphatic heterocycles. The Morgan fingerprint density at radius 1 is 1.41 bits per heavy atom. The van der Waals surface area contributed by atoms with E-state index in [0.717, 1.165) is 25.3 Å². The zero-order chi connectivity index (χ0) is 11.8. The molecule has 0 atom stereocenters. The molecule has 0 saturated heterocycles. The van der Waals surface area contributed by atoms with Gasteiger partial charge in [-0.15, -0.1) is 0 Å². The predicted octanol–water partition coefficient (Wildman–Crippen LogP) is 1.29. The van der Waals surface area contributed by atoms with Crippen LogP contribution in [0.2, 0.25) is 0 Å². The second-order valence-corrected chi connectivity index (χ2v) is 5.10. The Morgan fingerprint density at radius 2 is 2.18 bits per heavy atom. The van der Waals surface area contributed by atoms with Gasteiger partial charge in [0.25, 0.3) is 0 Å². The fourth-order valence-electron chi connectivity index (χ4n) is 1.98. The first-order valence-corrected chi connectivity index (χ1v) is 6.39. The quantitative estimate of drug-likeness (QED) is 0.801. The Hall–Kier alpha value is -1.23. The number of ether oxygens (including phenoxy) is 1. The van der Waals surface area contributed by atoms with Crippen molar-refractivity contribution in [2.24, 2.45) is 5.92 Å². The number of carbonyl (C=O) groups is 1. The first-order chi connectivity index (χ1) is 8.25. The third-order valence-electron chi connectivity index (χ3n) is 3.41. The van der Waals surface area contributed by atoms with Crippen molar-refractivity contribution in [3.05, 3.63) is 12.0 Å². The molecule has 2 aliphatic carbocycles. The molecule has 0 aromatic heterocycles. The Balaban J connectivity index is 1.71. The van der Waals surface area contributed by atoms with Gasteiger partial charge in [0.1, 0.15) is 0 Å². The molecular weight excluding hydrogens is 218 g/mol. The summed E-state index contributed by atoms with van der Waals surface area (Å²) in [5.41, 5.74) is 3.03. The molecule has 1 heterocycles. The van der Waals surface area contributed by atoms with Crippen molar-refractivity contribution in [1.29, 1.82) is 0 Å². The van der Waals surface area contributed by atoms with Crippen molar-refractivity contribution < 1.29 is 9.53 Å². The van der Waals surface area contributed by atoms with Crippen molar-refractivity contribution in [3.8, 4) is 0 Å². The molecule has 0 aromatic carbocycles. The molecule has 2 fully saturated rings. The first kappa shape index (κ1) is 10.9. The summed E-state index contributed by atoms with van der Waals surface area (Å²) in [7, 11) is 1.76. The lowest BCUT2D eigenvalue weighted by Gasteiger charge is -2.27. The summed E-state index contributed by atoms with van der Waals surface area (Å²) in [4.78, 5) is 14.0. The summed E-state index contributed by atoms with van der Waals surface area (Å²) in [6.07, 6.45) is 6.68. The summed E-state index contributed by atoms with van der Waals surface area (Å²) in [6, 6.07) is 0.336. The topological polar surface area (TPSA) is 44.8 Å². The van der Waals surface area contributed by atoms with Crippen molar-refractivity contribution in [3.63, 3.8) is 0 Å². The molecule has 2 saturated carbocycles. The molecule has 5 heteroatoms. The van der Waals surface area contributed by atoms with Crippen LogP contribution in [0.15, 0.2) is 12.0 Å². The maximum atomic E-state index is 12.2. The van der Waals surface area contributed by atoms with E-state index >= 15 is 0 Å². The molecule has 0 radical (unpaired) electrons. The SMILES string of the molecule is CN1NCC=C(OCC2CC2)N(C2CC2)C1=O. The predicted molar refractivity (Wildman–Crippen MR) is 62.8 cm³/mol. The summed E-state index contributed by atoms with van der Waals surface area (Å²) < 4.78 is 5.82. The summed E-state index contributed by atoms with van der Waals surface area (Å²) in [6.45, 7) is 1.40. The lowest BCUT2D eigenvalue weighted by molar-refractivity contribution is 0.0973. The minimum Gasteiger partial charge on any atom is -0.479 e. The maximum Gasteiger partial charge on any atom is 0.341 e. The van der Waals surface area contributed by atoms with Crippen LogP contribution in [0.5, 0.6) is 0 Å². The number of amides is 2. The smallest absolute Gasteiger partial charge is 0.341 e. The van der Waals surface area contributed by atoms with Gasteiger partial charge in [0.05, 0.1) is 6.61 Å². The van der Waals surface area contributed by atoms with E-state index in [1.54, 1.807) is 12.1 Å². The highest BCUT2D eigenvalue weighted by Gasteiger charge is 2.39. The Morgan fingerprint density at radius 3 is 2.82 bits per heavy atom. The van der Waals surface area contributed by atoms with E-state index in [1.807, 2.05) is 11.0 Å². The molecule has 5 nitrogen and oxygen atoms in total. The fourth-order valence-corrected chi connectivity index (χ4v) is 1.98. The van der Waals surface area contributed by atoms with E-state index in [1.165, 1.54) is 12.8 Å². The second kappa shape index (κ2) is 4.22. The zero-order valence-electron chi connectivity index (χ0n) is 10.2. The van der Waals surface area contributed by atoms with Crippen molar-refractivity contribution in [2.45, 2.75) is 31.7 Å². The molecule has 0 bridgehead atoms. The molecule has 0 spiro atoms. The number of nitrogens with one attached hydrogen (secondary N) is 1. The van der Waals surface area contributed by atoms with Gasteiger partial charge in [-0.25, -0.2) is 10.2 Å². The van der Waals surface area contributed by atoms with Gasteiger partial charge in [-0.2, -0.15) is 0 Å². The van der Waals surface area contributed by atoms with Crippen LogP contribution in [0, 0.1) is 5.92 Å². The van der Waals surface area contributed by atoms with Crippen LogP contribution in [0.3, 0.4) is 0 Å². The van der Waals surface area contributed by atoms with Crippen LogP contribution >= 0.6 is 0 Å². The Kier molecular flexibility index (Phi) is 2.70. The monoisotopic (exact) mass is 237 g/mol. The second-order valence-electron chi connectivity index (χ2n) is 5.10. The van der Waals surface area contributed by atoms with E-state index in [0.29, 0.717) is 18.5 Å². The van der Waals surface area contributed by atoms with E-state index in [2.05, 4.69) is 5.43 Å². The van der Waals surface area contributed by atoms with E-state index in [9.17, 15) is 4.79 Å². The standard InChI is InChI=1S/C12H19N3O2/c1-14-12(16)15(10-4-5-10)11(6-7-13-14)17-8-9-2-3-9/h6,9-10,13H,2-5,7-8H2,1H3. The zero-order valence-corrected chi connectivity index (χ0v) is 10.2. The average molecular weight is 237 g/mol. The molecule has 17 heavy (non-hydrogen) atoms. The van der Waals surface area contributed by atoms with Gasteiger partial charge < -0.3 is 4.74 Å². The fraction of sp³-hybridized carbons (Fsp3) is 0.750. The van der Waals surface area contributed by atoms with Crippen molar-refractivity contribution in [2.75, 3.05) is 20.2 Å². The number of nitrogens with zero attached hydrogens (tertiary/aromatic N) is 2. The largest absolute Gasteiger partial charge is 0.479 e. The number of carbonyl (C=O) groups excluding carboxylic acids is 1. The summed E-state index contributed by atoms with van der Waals surface area (Å²) >= 11 is 0. The highest BCUT2D eigenvalue weighted by molar-refractivity contribution is 5.76. The molecular formula is C12H19N3O2. The molecule has 1 N–H and O–H groups in total. The van der Waals surface area contributed by atoms with E-state index in [4.69, 9.17) is 4.74 Å². The van der Waals surface area contributed by atoms with Crippen molar-refractivity contribution >= 4 is 6.03 Å². The van der Waals surface area contributed by atoms with Crippen LogP contribution < -0.4 is 5.43 Å². The number of urea groups is 1. The summed E-state index contributed by atoms with van der Waals surface area (Å²) in [5, 5.41) is 1.54. The van der Waals surface area contributed by atoms with E-state index < -0.39 is 0 Å². The van der Waals surface area contributed by atoms with Crippen LogP contribution in [-0.4, -0.2) is 42.2 Å². The normalized spacial score (nSPS) is 25.7. The van der Waals surface area contributed by atoms with Crippen LogP contribution in [-0.2, 0) is 4.74 Å². The van der Waals surface area contributed by atoms with Gasteiger partial charge in [0.15, 0.2) is 5.88 Å². The highest BCUT2D eigenvalue weighted by Crippen LogP contribution is 2.34. The van der Waals surface area contributed by atoms with Gasteiger partial charge in [0.2, 0.25) is 0 Å². The maximum absolute atomic E-state index is 12.2. The van der Waals surface area contributed by atoms with Crippen LogP contribution in [0.1, 0.15) is 25.7 Å². The lowest BCUT2D eigenvalue weighted by atomic mass is 10.4. The Bertz CT molecular complexity index is 348. The number of hydrazine groups is 1. The summed E-state index contributed by atoms with van der Waals surface area (Å²) in [5.74, 6) is 1.46. The van der Waals surface area contributed by atoms with Gasteiger partial charge in [0, 0.05) is 19.6 Å². The molecule has 3 aliphatic rings. The van der Waals surface area contributed by atoms with Gasteiger partial charge >= 0.3 is 6.03 Å². The average Bonchev–Trinajstić information content (AvgIpc) is 3.15. The third-order valence-corrected chi connectivity index (χ3v) is 3.41. The molecule has 2 amide bonds. The highest BCUT2D eigenvalue weighted by atomic mass is 16.5. The van der Waals surface area contributed by atoms with Gasteiger partial charge in [-0.3, -0.25) is 9.91 Å². The van der Waals surface area contributed by atoms with Crippen molar-refractivity contribution in [1.82, 2.24) is 15.3 Å². The van der Waals surface area contributed by atoms with Crippen LogP contribution in [0.4, 0.5) is 4.79 Å². The molecule has 3 rings (SSSR count). The third kappa shape index (κ3) is 2.39. The number of hydrogen-bond donors (Lipinski definition) is 1. The van der Waals surface area contributed by atoms with Gasteiger partial charge in [-0.1, -0.05) is 0 Å². The molecule has 0 unspecified atom stereocenters. The van der Waals surface area contributed by atoms with Gasteiger partial charge in [-0.05, 0) is 37.7 Å². The van der Waals surface area contributed by atoms with Crippen LogP contribution in [0.25, 0.3) is 0 Å². The number of rotatable bonds is 4. The lowest BCUT2D eigenvalue weighted by Crippen LogP contribution is -2.46.